The van der Waals surface area contributed by atoms with E-state index in [1.165, 1.54) is 5.56 Å². The number of hydrogen-bond acceptors (Lipinski definition) is 4. The fraction of sp³-hybridized carbons (Fsp3) is 0.588. The van der Waals surface area contributed by atoms with Crippen LogP contribution in [-0.4, -0.2) is 55.6 Å². The summed E-state index contributed by atoms with van der Waals surface area (Å²) in [5, 5.41) is 13.4. The highest BCUT2D eigenvalue weighted by molar-refractivity contribution is 7.80. The van der Waals surface area contributed by atoms with Crippen molar-refractivity contribution in [2.45, 2.75) is 19.3 Å². The van der Waals surface area contributed by atoms with E-state index in [0.717, 1.165) is 55.5 Å². The molecule has 1 heterocycles. The Morgan fingerprint density at radius 2 is 2.13 bits per heavy atom. The SMILES string of the molecule is COc1ccc(CCNC(=S)N2CCC[C@@H](CO)C2)cc1OC. The number of ether oxygens (including phenoxy) is 2. The monoisotopic (exact) mass is 338 g/mol. The normalized spacial score (nSPS) is 17.7. The molecule has 1 aliphatic rings. The van der Waals surface area contributed by atoms with Crippen LogP contribution >= 0.6 is 12.2 Å². The summed E-state index contributed by atoms with van der Waals surface area (Å²) in [6, 6.07) is 5.95. The zero-order valence-corrected chi connectivity index (χ0v) is 14.7. The summed E-state index contributed by atoms with van der Waals surface area (Å²) in [6.45, 7) is 2.83. The van der Waals surface area contributed by atoms with Crippen molar-refractivity contribution in [1.29, 1.82) is 0 Å². The average Bonchev–Trinajstić information content (AvgIpc) is 2.61. The van der Waals surface area contributed by atoms with E-state index in [4.69, 9.17) is 21.7 Å². The zero-order chi connectivity index (χ0) is 16.7. The lowest BCUT2D eigenvalue weighted by Crippen LogP contribution is -2.46. The fourth-order valence-electron chi connectivity index (χ4n) is 2.86. The third-order valence-electron chi connectivity index (χ3n) is 4.20. The molecule has 0 saturated carbocycles. The number of thiocarbonyl (C=S) groups is 1. The number of likely N-dealkylation sites (tertiary alicyclic amines) is 1. The van der Waals surface area contributed by atoms with Crippen molar-refractivity contribution in [3.05, 3.63) is 23.8 Å². The number of methoxy groups -OCH3 is 2. The van der Waals surface area contributed by atoms with Gasteiger partial charge in [-0.25, -0.2) is 0 Å². The number of rotatable bonds is 6. The number of piperidine rings is 1. The van der Waals surface area contributed by atoms with Gasteiger partial charge in [0.25, 0.3) is 0 Å². The van der Waals surface area contributed by atoms with Crippen LogP contribution in [0.2, 0.25) is 0 Å². The van der Waals surface area contributed by atoms with Crippen molar-refractivity contribution in [1.82, 2.24) is 10.2 Å². The van der Waals surface area contributed by atoms with Crippen LogP contribution < -0.4 is 14.8 Å². The molecule has 0 amide bonds. The Kier molecular flexibility index (Phi) is 6.92. The van der Waals surface area contributed by atoms with E-state index in [1.807, 2.05) is 18.2 Å². The van der Waals surface area contributed by atoms with E-state index in [0.29, 0.717) is 5.92 Å². The summed E-state index contributed by atoms with van der Waals surface area (Å²) in [6.07, 6.45) is 3.03. The third kappa shape index (κ3) is 4.97. The highest BCUT2D eigenvalue weighted by atomic mass is 32.1. The predicted molar refractivity (Wildman–Crippen MR) is 95.2 cm³/mol. The summed E-state index contributed by atoms with van der Waals surface area (Å²) in [4.78, 5) is 2.16. The maximum atomic E-state index is 9.29. The number of benzene rings is 1. The number of hydrogen-bond donors (Lipinski definition) is 2. The van der Waals surface area contributed by atoms with Crippen LogP contribution in [0.3, 0.4) is 0 Å². The molecule has 2 N–H and O–H groups in total. The van der Waals surface area contributed by atoms with Crippen molar-refractivity contribution in [3.8, 4) is 11.5 Å². The molecule has 1 saturated heterocycles. The summed E-state index contributed by atoms with van der Waals surface area (Å²) >= 11 is 5.47. The molecule has 2 rings (SSSR count). The highest BCUT2D eigenvalue weighted by Crippen LogP contribution is 2.27. The van der Waals surface area contributed by atoms with E-state index in [1.54, 1.807) is 14.2 Å². The molecule has 0 aromatic heterocycles. The third-order valence-corrected chi connectivity index (χ3v) is 4.60. The highest BCUT2D eigenvalue weighted by Gasteiger charge is 2.20. The first-order valence-corrected chi connectivity index (χ1v) is 8.43. The summed E-state index contributed by atoms with van der Waals surface area (Å²) in [5.41, 5.74) is 1.17. The maximum absolute atomic E-state index is 9.29. The number of nitrogens with one attached hydrogen (secondary N) is 1. The van der Waals surface area contributed by atoms with Crippen LogP contribution in [0.1, 0.15) is 18.4 Å². The second-order valence-electron chi connectivity index (χ2n) is 5.81. The Hall–Kier alpha value is -1.53. The second kappa shape index (κ2) is 8.93. The van der Waals surface area contributed by atoms with Crippen LogP contribution in [0.25, 0.3) is 0 Å². The molecule has 0 radical (unpaired) electrons. The van der Waals surface area contributed by atoms with E-state index in [9.17, 15) is 5.11 Å². The van der Waals surface area contributed by atoms with Crippen LogP contribution in [0.15, 0.2) is 18.2 Å². The first kappa shape index (κ1) is 17.8. The van der Waals surface area contributed by atoms with E-state index in [2.05, 4.69) is 10.2 Å². The number of nitrogens with zero attached hydrogens (tertiary/aromatic N) is 1. The van der Waals surface area contributed by atoms with Gasteiger partial charge in [-0.2, -0.15) is 0 Å². The van der Waals surface area contributed by atoms with Gasteiger partial charge in [0.1, 0.15) is 0 Å². The molecule has 1 atom stereocenters. The largest absolute Gasteiger partial charge is 0.493 e. The molecule has 1 aromatic rings. The van der Waals surface area contributed by atoms with Gasteiger partial charge in [-0.1, -0.05) is 6.07 Å². The lowest BCUT2D eigenvalue weighted by Gasteiger charge is -2.33. The summed E-state index contributed by atoms with van der Waals surface area (Å²) in [5.74, 6) is 1.83. The van der Waals surface area contributed by atoms with Gasteiger partial charge in [-0.3, -0.25) is 0 Å². The molecule has 0 aliphatic carbocycles. The van der Waals surface area contributed by atoms with Gasteiger partial charge in [0, 0.05) is 26.2 Å². The van der Waals surface area contributed by atoms with Crippen molar-refractivity contribution in [2.75, 3.05) is 40.5 Å². The Balaban J connectivity index is 1.81. The summed E-state index contributed by atoms with van der Waals surface area (Å²) < 4.78 is 10.6. The van der Waals surface area contributed by atoms with E-state index < -0.39 is 0 Å². The molecule has 5 nitrogen and oxygen atoms in total. The molecule has 1 aromatic carbocycles. The zero-order valence-electron chi connectivity index (χ0n) is 13.9. The number of aliphatic hydroxyl groups excluding tert-OH is 1. The smallest absolute Gasteiger partial charge is 0.168 e. The maximum Gasteiger partial charge on any atom is 0.168 e. The van der Waals surface area contributed by atoms with Gasteiger partial charge in [-0.15, -0.1) is 0 Å². The predicted octanol–water partition coefficient (Wildman–Crippen LogP) is 1.83. The van der Waals surface area contributed by atoms with Crippen molar-refractivity contribution < 1.29 is 14.6 Å². The minimum atomic E-state index is 0.241. The lowest BCUT2D eigenvalue weighted by atomic mass is 9.99. The van der Waals surface area contributed by atoms with Crippen LogP contribution in [0, 0.1) is 5.92 Å². The first-order valence-electron chi connectivity index (χ1n) is 8.02. The Labute approximate surface area is 143 Å². The van der Waals surface area contributed by atoms with Gasteiger partial charge in [0.15, 0.2) is 16.6 Å². The van der Waals surface area contributed by atoms with Gasteiger partial charge < -0.3 is 24.8 Å². The minimum Gasteiger partial charge on any atom is -0.493 e. The number of aliphatic hydroxyl groups is 1. The molecular weight excluding hydrogens is 312 g/mol. The molecule has 128 valence electrons. The van der Waals surface area contributed by atoms with Gasteiger partial charge >= 0.3 is 0 Å². The van der Waals surface area contributed by atoms with E-state index in [-0.39, 0.29) is 6.61 Å². The average molecular weight is 338 g/mol. The molecule has 0 unspecified atom stereocenters. The van der Waals surface area contributed by atoms with Gasteiger partial charge in [-0.05, 0) is 55.1 Å². The molecule has 1 fully saturated rings. The standard InChI is InChI=1S/C17H26N2O3S/c1-21-15-6-5-13(10-16(15)22-2)7-8-18-17(23)19-9-3-4-14(11-19)12-20/h5-6,10,14,20H,3-4,7-9,11-12H2,1-2H3,(H,18,23)/t14-/m1/s1. The molecule has 0 bridgehead atoms. The van der Waals surface area contributed by atoms with Gasteiger partial charge in [0.2, 0.25) is 0 Å². The minimum absolute atomic E-state index is 0.241. The first-order chi connectivity index (χ1) is 11.2. The Bertz CT molecular complexity index is 525. The summed E-state index contributed by atoms with van der Waals surface area (Å²) in [7, 11) is 3.28. The Morgan fingerprint density at radius 3 is 2.83 bits per heavy atom. The quantitative estimate of drug-likeness (QED) is 0.772. The van der Waals surface area contributed by atoms with Gasteiger partial charge in [0.05, 0.1) is 14.2 Å². The second-order valence-corrected chi connectivity index (χ2v) is 6.19. The van der Waals surface area contributed by atoms with Crippen molar-refractivity contribution in [3.63, 3.8) is 0 Å². The van der Waals surface area contributed by atoms with Crippen LogP contribution in [0.5, 0.6) is 11.5 Å². The fourth-order valence-corrected chi connectivity index (χ4v) is 3.13. The van der Waals surface area contributed by atoms with E-state index >= 15 is 0 Å². The molecule has 1 aliphatic heterocycles. The van der Waals surface area contributed by atoms with Crippen molar-refractivity contribution >= 4 is 17.3 Å². The molecule has 23 heavy (non-hydrogen) atoms. The topological polar surface area (TPSA) is 54.0 Å². The molecule has 6 heteroatoms. The Morgan fingerprint density at radius 1 is 1.35 bits per heavy atom. The van der Waals surface area contributed by atoms with Crippen LogP contribution in [0.4, 0.5) is 0 Å². The van der Waals surface area contributed by atoms with Crippen LogP contribution in [-0.2, 0) is 6.42 Å². The molecule has 0 spiro atoms. The molecular formula is C17H26N2O3S. The lowest BCUT2D eigenvalue weighted by molar-refractivity contribution is 0.160. The van der Waals surface area contributed by atoms with Crippen molar-refractivity contribution in [2.24, 2.45) is 5.92 Å².